The molecule has 2 aromatic carbocycles. The van der Waals surface area contributed by atoms with Crippen LogP contribution in [0.2, 0.25) is 0 Å². The molecule has 0 unspecified atom stereocenters. The van der Waals surface area contributed by atoms with Crippen LogP contribution in [0.3, 0.4) is 0 Å². The summed E-state index contributed by atoms with van der Waals surface area (Å²) in [6.45, 7) is 3.66. The van der Waals surface area contributed by atoms with Crippen LogP contribution in [0.4, 0.5) is 14.5 Å². The van der Waals surface area contributed by atoms with Crippen LogP contribution in [-0.2, 0) is 0 Å². The minimum absolute atomic E-state index is 0.332. The number of nitrogens with zero attached hydrogens (tertiary/aromatic N) is 1. The Hall–Kier alpha value is -2.82. The standard InChI is InChI=1S/C18H14F2N2O/c1-10-6-7-16-12(8-10)13(9-11(2)21-16)18(23)22-17-14(19)4-3-5-15(17)20/h3-9H,1-2H3,(H,22,23). The first-order valence-electron chi connectivity index (χ1n) is 7.09. The Morgan fingerprint density at radius 3 is 2.43 bits per heavy atom. The van der Waals surface area contributed by atoms with Crippen molar-refractivity contribution in [3.05, 3.63) is 70.9 Å². The Bertz CT molecular complexity index is 902. The molecule has 1 amide bonds. The fourth-order valence-corrected chi connectivity index (χ4v) is 2.46. The van der Waals surface area contributed by atoms with E-state index in [0.717, 1.165) is 17.7 Å². The highest BCUT2D eigenvalue weighted by Gasteiger charge is 2.16. The topological polar surface area (TPSA) is 42.0 Å². The number of carbonyl (C=O) groups is 1. The monoisotopic (exact) mass is 312 g/mol. The number of halogens is 2. The largest absolute Gasteiger partial charge is 0.317 e. The molecule has 0 spiro atoms. The van der Waals surface area contributed by atoms with Gasteiger partial charge in [-0.05, 0) is 44.2 Å². The van der Waals surface area contributed by atoms with E-state index in [1.165, 1.54) is 6.07 Å². The van der Waals surface area contributed by atoms with E-state index in [2.05, 4.69) is 10.3 Å². The van der Waals surface area contributed by atoms with Crippen LogP contribution in [0.1, 0.15) is 21.6 Å². The number of aryl methyl sites for hydroxylation is 2. The maximum atomic E-state index is 13.7. The zero-order chi connectivity index (χ0) is 16.6. The summed E-state index contributed by atoms with van der Waals surface area (Å²) >= 11 is 0. The maximum absolute atomic E-state index is 13.7. The zero-order valence-electron chi connectivity index (χ0n) is 12.7. The van der Waals surface area contributed by atoms with Gasteiger partial charge in [-0.1, -0.05) is 17.7 Å². The second kappa shape index (κ2) is 5.76. The van der Waals surface area contributed by atoms with Gasteiger partial charge in [0.2, 0.25) is 0 Å². The molecule has 0 aliphatic rings. The van der Waals surface area contributed by atoms with Gasteiger partial charge in [0.15, 0.2) is 0 Å². The minimum Gasteiger partial charge on any atom is -0.317 e. The van der Waals surface area contributed by atoms with Gasteiger partial charge in [0, 0.05) is 11.1 Å². The summed E-state index contributed by atoms with van der Waals surface area (Å²) in [5, 5.41) is 2.96. The summed E-state index contributed by atoms with van der Waals surface area (Å²) in [6, 6.07) is 10.6. The highest BCUT2D eigenvalue weighted by Crippen LogP contribution is 2.23. The third kappa shape index (κ3) is 2.90. The van der Waals surface area contributed by atoms with Gasteiger partial charge in [-0.25, -0.2) is 8.78 Å². The molecule has 3 nitrogen and oxygen atoms in total. The van der Waals surface area contributed by atoms with Crippen molar-refractivity contribution in [2.75, 3.05) is 5.32 Å². The Balaban J connectivity index is 2.09. The average Bonchev–Trinajstić information content (AvgIpc) is 2.50. The Kier molecular flexibility index (Phi) is 3.78. The molecule has 0 saturated carbocycles. The highest BCUT2D eigenvalue weighted by molar-refractivity contribution is 6.12. The van der Waals surface area contributed by atoms with Crippen molar-refractivity contribution >= 4 is 22.5 Å². The molecule has 5 heteroatoms. The summed E-state index contributed by atoms with van der Waals surface area (Å²) in [5.41, 5.74) is 2.16. The number of benzene rings is 2. The molecule has 0 atom stereocenters. The van der Waals surface area contributed by atoms with Crippen molar-refractivity contribution in [2.24, 2.45) is 0 Å². The normalized spacial score (nSPS) is 10.8. The molecule has 116 valence electrons. The number of hydrogen-bond donors (Lipinski definition) is 1. The third-order valence-electron chi connectivity index (χ3n) is 3.54. The van der Waals surface area contributed by atoms with Crippen molar-refractivity contribution in [3.8, 4) is 0 Å². The van der Waals surface area contributed by atoms with Crippen molar-refractivity contribution in [1.82, 2.24) is 4.98 Å². The van der Waals surface area contributed by atoms with Crippen molar-refractivity contribution in [2.45, 2.75) is 13.8 Å². The predicted molar refractivity (Wildman–Crippen MR) is 85.5 cm³/mol. The number of rotatable bonds is 2. The predicted octanol–water partition coefficient (Wildman–Crippen LogP) is 4.38. The molecule has 0 aliphatic carbocycles. The molecule has 0 fully saturated rings. The van der Waals surface area contributed by atoms with Crippen LogP contribution in [0, 0.1) is 25.5 Å². The number of nitrogens with one attached hydrogen (secondary N) is 1. The van der Waals surface area contributed by atoms with E-state index in [9.17, 15) is 13.6 Å². The molecule has 1 aromatic heterocycles. The van der Waals surface area contributed by atoms with Crippen molar-refractivity contribution in [3.63, 3.8) is 0 Å². The molecule has 1 N–H and O–H groups in total. The van der Waals surface area contributed by atoms with Crippen molar-refractivity contribution < 1.29 is 13.6 Å². The van der Waals surface area contributed by atoms with Crippen LogP contribution >= 0.6 is 0 Å². The average molecular weight is 312 g/mol. The first kappa shape index (κ1) is 15.1. The van der Waals surface area contributed by atoms with E-state index < -0.39 is 23.2 Å². The van der Waals surface area contributed by atoms with E-state index in [-0.39, 0.29) is 0 Å². The first-order valence-corrected chi connectivity index (χ1v) is 7.09. The molecule has 0 radical (unpaired) electrons. The van der Waals surface area contributed by atoms with E-state index >= 15 is 0 Å². The molecular weight excluding hydrogens is 298 g/mol. The number of carbonyl (C=O) groups excluding carboxylic acids is 1. The number of anilines is 1. The molecule has 0 saturated heterocycles. The molecule has 23 heavy (non-hydrogen) atoms. The van der Waals surface area contributed by atoms with E-state index in [1.54, 1.807) is 13.0 Å². The van der Waals surface area contributed by atoms with Crippen LogP contribution in [0.25, 0.3) is 10.9 Å². The fourth-order valence-electron chi connectivity index (χ4n) is 2.46. The number of aromatic nitrogens is 1. The van der Waals surface area contributed by atoms with Crippen LogP contribution < -0.4 is 5.32 Å². The minimum atomic E-state index is -0.815. The first-order chi connectivity index (χ1) is 11.0. The summed E-state index contributed by atoms with van der Waals surface area (Å²) in [7, 11) is 0. The van der Waals surface area contributed by atoms with Gasteiger partial charge in [0.05, 0.1) is 11.1 Å². The molecule has 1 heterocycles. The quantitative estimate of drug-likeness (QED) is 0.763. The summed E-state index contributed by atoms with van der Waals surface area (Å²) in [5.74, 6) is -2.20. The lowest BCUT2D eigenvalue weighted by atomic mass is 10.0. The van der Waals surface area contributed by atoms with Gasteiger partial charge in [0.25, 0.3) is 5.91 Å². The summed E-state index contributed by atoms with van der Waals surface area (Å²) < 4.78 is 27.4. The number of amides is 1. The van der Waals surface area contributed by atoms with Gasteiger partial charge < -0.3 is 5.32 Å². The van der Waals surface area contributed by atoms with E-state index in [1.807, 2.05) is 25.1 Å². The molecule has 3 aromatic rings. The molecule has 3 rings (SSSR count). The maximum Gasteiger partial charge on any atom is 0.256 e. The zero-order valence-corrected chi connectivity index (χ0v) is 12.7. The lowest BCUT2D eigenvalue weighted by molar-refractivity contribution is 0.102. The van der Waals surface area contributed by atoms with Crippen molar-refractivity contribution in [1.29, 1.82) is 0 Å². The molecule has 0 bridgehead atoms. The van der Waals surface area contributed by atoms with Gasteiger partial charge in [-0.2, -0.15) is 0 Å². The summed E-state index contributed by atoms with van der Waals surface area (Å²) in [4.78, 5) is 16.9. The third-order valence-corrected chi connectivity index (χ3v) is 3.54. The van der Waals surface area contributed by atoms with Crippen LogP contribution in [-0.4, -0.2) is 10.9 Å². The fraction of sp³-hybridized carbons (Fsp3) is 0.111. The second-order valence-electron chi connectivity index (χ2n) is 5.38. The highest BCUT2D eigenvalue weighted by atomic mass is 19.1. The SMILES string of the molecule is Cc1ccc2nc(C)cc(C(=O)Nc3c(F)cccc3F)c2c1. The Labute approximate surface area is 132 Å². The Morgan fingerprint density at radius 1 is 1.04 bits per heavy atom. The number of hydrogen-bond acceptors (Lipinski definition) is 2. The van der Waals surface area contributed by atoms with Gasteiger partial charge in [0.1, 0.15) is 17.3 Å². The van der Waals surface area contributed by atoms with E-state index in [0.29, 0.717) is 22.2 Å². The van der Waals surface area contributed by atoms with E-state index in [4.69, 9.17) is 0 Å². The second-order valence-corrected chi connectivity index (χ2v) is 5.38. The van der Waals surface area contributed by atoms with Crippen LogP contribution in [0.15, 0.2) is 42.5 Å². The van der Waals surface area contributed by atoms with Gasteiger partial charge in [-0.3, -0.25) is 9.78 Å². The smallest absolute Gasteiger partial charge is 0.256 e. The molecule has 0 aliphatic heterocycles. The number of fused-ring (bicyclic) bond motifs is 1. The lowest BCUT2D eigenvalue weighted by Gasteiger charge is -2.11. The van der Waals surface area contributed by atoms with Crippen LogP contribution in [0.5, 0.6) is 0 Å². The Morgan fingerprint density at radius 2 is 1.74 bits per heavy atom. The number of para-hydroxylation sites is 1. The summed E-state index contributed by atoms with van der Waals surface area (Å²) in [6.07, 6.45) is 0. The number of pyridine rings is 1. The lowest BCUT2D eigenvalue weighted by Crippen LogP contribution is -2.15. The van der Waals surface area contributed by atoms with Gasteiger partial charge in [-0.15, -0.1) is 0 Å². The molecular formula is C18H14F2N2O. The van der Waals surface area contributed by atoms with Gasteiger partial charge >= 0.3 is 0 Å².